The van der Waals surface area contributed by atoms with Gasteiger partial charge in [-0.15, -0.1) is 10.2 Å². The Morgan fingerprint density at radius 2 is 2.11 bits per heavy atom. The second-order valence-electron chi connectivity index (χ2n) is 6.94. The average molecular weight is 398 g/mol. The van der Waals surface area contributed by atoms with Crippen molar-refractivity contribution >= 4 is 22.0 Å². The normalized spacial score (nSPS) is 22.1. The zero-order valence-electron chi connectivity index (χ0n) is 16.1. The average Bonchev–Trinajstić information content (AvgIpc) is 3.25. The van der Waals surface area contributed by atoms with E-state index in [-0.39, 0.29) is 5.92 Å². The summed E-state index contributed by atoms with van der Waals surface area (Å²) in [5, 5.41) is 24.3. The lowest BCUT2D eigenvalue weighted by Crippen LogP contribution is -2.17. The third-order valence-corrected chi connectivity index (χ3v) is 5.87. The molecule has 0 saturated carbocycles. The van der Waals surface area contributed by atoms with Gasteiger partial charge in [-0.3, -0.25) is 4.99 Å². The van der Waals surface area contributed by atoms with Crippen molar-refractivity contribution in [3.05, 3.63) is 52.8 Å². The van der Waals surface area contributed by atoms with Crippen LogP contribution in [0.2, 0.25) is 0 Å². The zero-order valence-corrected chi connectivity index (χ0v) is 16.9. The Morgan fingerprint density at radius 1 is 1.32 bits per heavy atom. The van der Waals surface area contributed by atoms with Gasteiger partial charge in [-0.25, -0.2) is 0 Å². The lowest BCUT2D eigenvalue weighted by atomic mass is 9.85. The van der Waals surface area contributed by atoms with Crippen molar-refractivity contribution < 1.29 is 9.84 Å². The number of aliphatic hydroxyl groups excluding tert-OH is 1. The van der Waals surface area contributed by atoms with Gasteiger partial charge in [0.15, 0.2) is 12.1 Å². The van der Waals surface area contributed by atoms with E-state index in [0.717, 1.165) is 39.2 Å². The fraction of sp³-hybridized carbons (Fsp3) is 0.400. The van der Waals surface area contributed by atoms with Crippen LogP contribution in [0.4, 0.5) is 0 Å². The fourth-order valence-electron chi connectivity index (χ4n) is 3.35. The molecule has 1 aliphatic carbocycles. The maximum Gasteiger partial charge on any atom is 0.234 e. The van der Waals surface area contributed by atoms with E-state index in [4.69, 9.17) is 4.74 Å². The first-order chi connectivity index (χ1) is 13.5. The number of hydrogen-bond donors (Lipinski definition) is 1. The molecule has 0 saturated heterocycles. The number of benzene rings is 1. The van der Waals surface area contributed by atoms with Gasteiger partial charge in [0, 0.05) is 17.2 Å². The number of rotatable bonds is 5. The van der Waals surface area contributed by atoms with Gasteiger partial charge >= 0.3 is 0 Å². The Morgan fingerprint density at radius 3 is 2.79 bits per heavy atom. The number of allylic oxidation sites excluding steroid dienone is 2. The predicted molar refractivity (Wildman–Crippen MR) is 109 cm³/mol. The predicted octanol–water partition coefficient (Wildman–Crippen LogP) is 3.70. The molecule has 0 fully saturated rings. The second kappa shape index (κ2) is 7.81. The molecular formula is C20H23N5O2S. The van der Waals surface area contributed by atoms with E-state index in [9.17, 15) is 5.11 Å². The molecule has 3 aromatic rings. The van der Waals surface area contributed by atoms with Crippen molar-refractivity contribution in [3.63, 3.8) is 0 Å². The van der Waals surface area contributed by atoms with Crippen LogP contribution in [-0.2, 0) is 0 Å². The van der Waals surface area contributed by atoms with Crippen LogP contribution < -0.4 is 4.74 Å². The Hall–Kier alpha value is -2.58. The van der Waals surface area contributed by atoms with Gasteiger partial charge < -0.3 is 9.84 Å². The van der Waals surface area contributed by atoms with E-state index in [1.165, 1.54) is 0 Å². The minimum absolute atomic E-state index is 0.215. The third kappa shape index (κ3) is 3.70. The van der Waals surface area contributed by atoms with Crippen LogP contribution in [0.1, 0.15) is 48.8 Å². The molecule has 0 bridgehead atoms. The Balaban J connectivity index is 1.50. The lowest BCUT2D eigenvalue weighted by Gasteiger charge is -2.23. The molecule has 146 valence electrons. The number of nitrogens with zero attached hydrogens (tertiary/aromatic N) is 5. The van der Waals surface area contributed by atoms with Crippen LogP contribution in [0.15, 0.2) is 41.4 Å². The molecule has 28 heavy (non-hydrogen) atoms. The molecule has 3 atom stereocenters. The van der Waals surface area contributed by atoms with Gasteiger partial charge in [0.25, 0.3) is 0 Å². The highest BCUT2D eigenvalue weighted by Crippen LogP contribution is 2.35. The topological polar surface area (TPSA) is 84.9 Å². The Labute approximate surface area is 167 Å². The number of aromatic nitrogens is 4. The van der Waals surface area contributed by atoms with E-state index in [1.807, 2.05) is 44.2 Å². The number of aliphatic imine (C=N–C) groups is 1. The van der Waals surface area contributed by atoms with Gasteiger partial charge in [0.05, 0.1) is 6.61 Å². The molecule has 0 amide bonds. The molecule has 2 heterocycles. The first-order valence-electron chi connectivity index (χ1n) is 9.39. The monoisotopic (exact) mass is 397 g/mol. The molecule has 7 nitrogen and oxygen atoms in total. The highest BCUT2D eigenvalue weighted by molar-refractivity contribution is 7.16. The summed E-state index contributed by atoms with van der Waals surface area (Å²) in [6.07, 6.45) is 4.03. The molecule has 0 spiro atoms. The molecular weight excluding hydrogens is 374 g/mol. The van der Waals surface area contributed by atoms with E-state index < -0.39 is 6.23 Å². The van der Waals surface area contributed by atoms with Crippen molar-refractivity contribution in [2.45, 2.75) is 39.3 Å². The largest absolute Gasteiger partial charge is 0.494 e. The van der Waals surface area contributed by atoms with Gasteiger partial charge in [-0.1, -0.05) is 36.5 Å². The van der Waals surface area contributed by atoms with Gasteiger partial charge in [0.1, 0.15) is 10.8 Å². The molecule has 1 N–H and O–H groups in total. The van der Waals surface area contributed by atoms with Crippen LogP contribution in [0, 0.1) is 12.8 Å². The van der Waals surface area contributed by atoms with Crippen molar-refractivity contribution in [3.8, 4) is 5.75 Å². The SMILES string of the molecule is CCOc1ccc(C(O)N=C2C=CC(c3nn4c(C)nnc4s3)C(C)C2)cc1. The summed E-state index contributed by atoms with van der Waals surface area (Å²) in [5.41, 5.74) is 1.65. The summed E-state index contributed by atoms with van der Waals surface area (Å²) in [7, 11) is 0. The smallest absolute Gasteiger partial charge is 0.234 e. The highest BCUT2D eigenvalue weighted by atomic mass is 32.1. The summed E-state index contributed by atoms with van der Waals surface area (Å²) >= 11 is 1.57. The van der Waals surface area contributed by atoms with Crippen molar-refractivity contribution in [1.29, 1.82) is 0 Å². The minimum atomic E-state index is -0.879. The minimum Gasteiger partial charge on any atom is -0.494 e. The molecule has 0 radical (unpaired) electrons. The lowest BCUT2D eigenvalue weighted by molar-refractivity contribution is 0.188. The number of aliphatic hydroxyl groups is 1. The molecule has 1 aromatic carbocycles. The number of fused-ring (bicyclic) bond motifs is 1. The second-order valence-corrected chi connectivity index (χ2v) is 7.93. The summed E-state index contributed by atoms with van der Waals surface area (Å²) in [4.78, 5) is 5.33. The summed E-state index contributed by atoms with van der Waals surface area (Å²) in [6.45, 7) is 6.65. The quantitative estimate of drug-likeness (QED) is 0.709. The first-order valence-corrected chi connectivity index (χ1v) is 10.2. The summed E-state index contributed by atoms with van der Waals surface area (Å²) in [6, 6.07) is 7.40. The first kappa shape index (κ1) is 18.8. The van der Waals surface area contributed by atoms with E-state index in [1.54, 1.807) is 15.9 Å². The highest BCUT2D eigenvalue weighted by Gasteiger charge is 2.26. The molecule has 0 aliphatic heterocycles. The van der Waals surface area contributed by atoms with E-state index in [0.29, 0.717) is 12.5 Å². The number of ether oxygens (including phenoxy) is 1. The third-order valence-electron chi connectivity index (χ3n) is 4.87. The van der Waals surface area contributed by atoms with E-state index in [2.05, 4.69) is 33.3 Å². The fourth-order valence-corrected chi connectivity index (χ4v) is 4.45. The zero-order chi connectivity index (χ0) is 19.7. The van der Waals surface area contributed by atoms with Gasteiger partial charge in [-0.05, 0) is 44.4 Å². The Bertz CT molecular complexity index is 1020. The van der Waals surface area contributed by atoms with E-state index >= 15 is 0 Å². The standard InChI is InChI=1S/C20H23N5O2S/c1-4-27-16-8-5-14(6-9-16)18(26)21-15-7-10-17(12(2)11-15)19-24-25-13(3)22-23-20(25)28-19/h5-10,12,17-18,26H,4,11H2,1-3H3. The van der Waals surface area contributed by atoms with Crippen molar-refractivity contribution in [1.82, 2.24) is 19.8 Å². The van der Waals surface area contributed by atoms with Crippen LogP contribution in [0.5, 0.6) is 5.75 Å². The van der Waals surface area contributed by atoms with Crippen LogP contribution >= 0.6 is 11.3 Å². The molecule has 8 heteroatoms. The van der Waals surface area contributed by atoms with Crippen molar-refractivity contribution in [2.24, 2.45) is 10.9 Å². The molecule has 3 unspecified atom stereocenters. The van der Waals surface area contributed by atoms with Crippen LogP contribution in [0.25, 0.3) is 4.96 Å². The molecule has 2 aromatic heterocycles. The van der Waals surface area contributed by atoms with Crippen LogP contribution in [-0.4, -0.2) is 37.2 Å². The Kier molecular flexibility index (Phi) is 5.23. The van der Waals surface area contributed by atoms with Crippen molar-refractivity contribution in [2.75, 3.05) is 6.61 Å². The molecule has 1 aliphatic rings. The van der Waals surface area contributed by atoms with Gasteiger partial charge in [0.2, 0.25) is 4.96 Å². The van der Waals surface area contributed by atoms with Crippen LogP contribution in [0.3, 0.4) is 0 Å². The summed E-state index contributed by atoms with van der Waals surface area (Å²) < 4.78 is 7.23. The van der Waals surface area contributed by atoms with Gasteiger partial charge in [-0.2, -0.15) is 9.61 Å². The maximum absolute atomic E-state index is 10.5. The molecule has 4 rings (SSSR count). The summed E-state index contributed by atoms with van der Waals surface area (Å²) in [5.74, 6) is 2.14. The maximum atomic E-state index is 10.5. The number of hydrogen-bond acceptors (Lipinski definition) is 7. The number of aryl methyl sites for hydroxylation is 1.